The number of aromatic nitrogens is 1. The normalized spacial score (nSPS) is 16.2. The second kappa shape index (κ2) is 11.5. The van der Waals surface area contributed by atoms with E-state index in [1.165, 1.54) is 11.1 Å². The molecule has 1 aliphatic rings. The predicted octanol–water partition coefficient (Wildman–Crippen LogP) is 5.53. The summed E-state index contributed by atoms with van der Waals surface area (Å²) in [5, 5.41) is 13.3. The lowest BCUT2D eigenvalue weighted by Gasteiger charge is -2.35. The summed E-state index contributed by atoms with van der Waals surface area (Å²) in [6.45, 7) is 4.71. The van der Waals surface area contributed by atoms with Crippen LogP contribution in [0.15, 0.2) is 83.3 Å². The lowest BCUT2D eigenvalue weighted by atomic mass is 9.83. The Hall–Kier alpha value is -2.77. The van der Waals surface area contributed by atoms with E-state index in [9.17, 15) is 5.11 Å². The largest absolute Gasteiger partial charge is 0.380 e. The summed E-state index contributed by atoms with van der Waals surface area (Å²) in [7, 11) is 6.26. The molecule has 3 aromatic carbocycles. The number of hydrogen-bond donors (Lipinski definition) is 1. The Bertz CT molecular complexity index is 1370. The van der Waals surface area contributed by atoms with E-state index in [0.29, 0.717) is 6.42 Å². The first kappa shape index (κ1) is 26.8. The minimum Gasteiger partial charge on any atom is -0.380 e. The fraction of sp³-hybridized carbons (Fsp3) is 0.344. The third kappa shape index (κ3) is 5.79. The fourth-order valence-electron chi connectivity index (χ4n) is 5.32. The molecule has 1 atom stereocenters. The third-order valence-electron chi connectivity index (χ3n) is 7.62. The summed E-state index contributed by atoms with van der Waals surface area (Å²) < 4.78 is 0.898. The molecular formula is C32H37BrN4O. The van der Waals surface area contributed by atoms with Crippen molar-refractivity contribution >= 4 is 32.7 Å². The van der Waals surface area contributed by atoms with Gasteiger partial charge >= 0.3 is 0 Å². The summed E-state index contributed by atoms with van der Waals surface area (Å²) in [6.07, 6.45) is 1.41. The van der Waals surface area contributed by atoms with Gasteiger partial charge in [-0.2, -0.15) is 0 Å². The number of likely N-dealkylation sites (N-methyl/N-ethyl adjacent to an activating group) is 1. The van der Waals surface area contributed by atoms with E-state index < -0.39 is 5.60 Å². The van der Waals surface area contributed by atoms with Gasteiger partial charge in [0, 0.05) is 54.6 Å². The molecule has 1 aliphatic heterocycles. The Morgan fingerprint density at radius 1 is 0.921 bits per heavy atom. The number of pyridine rings is 1. The van der Waals surface area contributed by atoms with Gasteiger partial charge in [-0.3, -0.25) is 0 Å². The van der Waals surface area contributed by atoms with Crippen LogP contribution in [0.25, 0.3) is 10.9 Å². The molecule has 38 heavy (non-hydrogen) atoms. The SMILES string of the molecule is CN(C)CCC(O)(c1ccccc1)c1cc2nc(N3CCN(C)CC3)c(Cc3ccccc3)cc2cc1Br. The number of piperazine rings is 1. The number of nitrogens with zero attached hydrogens (tertiary/aromatic N) is 4. The van der Waals surface area contributed by atoms with Crippen LogP contribution in [-0.4, -0.2) is 73.8 Å². The molecule has 5 nitrogen and oxygen atoms in total. The zero-order valence-electron chi connectivity index (χ0n) is 22.6. The van der Waals surface area contributed by atoms with Gasteiger partial charge in [0.25, 0.3) is 0 Å². The van der Waals surface area contributed by atoms with E-state index in [0.717, 1.165) is 71.5 Å². The summed E-state index contributed by atoms with van der Waals surface area (Å²) in [6, 6.07) is 27.1. The van der Waals surface area contributed by atoms with Crippen molar-refractivity contribution in [3.63, 3.8) is 0 Å². The average molecular weight is 574 g/mol. The summed E-state index contributed by atoms with van der Waals surface area (Å²) in [5.41, 5.74) is 4.03. The molecule has 1 saturated heterocycles. The number of fused-ring (bicyclic) bond motifs is 1. The van der Waals surface area contributed by atoms with Crippen molar-refractivity contribution in [2.75, 3.05) is 58.8 Å². The van der Waals surface area contributed by atoms with Crippen LogP contribution in [0, 0.1) is 0 Å². The molecule has 0 spiro atoms. The summed E-state index contributed by atoms with van der Waals surface area (Å²) >= 11 is 3.83. The fourth-order valence-corrected chi connectivity index (χ4v) is 6.01. The zero-order chi connectivity index (χ0) is 26.7. The van der Waals surface area contributed by atoms with Crippen LogP contribution in [0.3, 0.4) is 0 Å². The molecule has 0 amide bonds. The standard InChI is InChI=1S/C32H37BrN4O/c1-35(2)15-14-32(38,27-12-8-5-9-13-27)28-23-30-25(22-29(28)33)21-26(20-24-10-6-4-7-11-24)31(34-30)37-18-16-36(3)17-19-37/h4-13,21-23,38H,14-20H2,1-3H3. The second-order valence-corrected chi connectivity index (χ2v) is 11.6. The maximum absolute atomic E-state index is 12.2. The molecule has 0 bridgehead atoms. The Kier molecular flexibility index (Phi) is 8.15. The number of aliphatic hydroxyl groups is 1. The molecule has 198 valence electrons. The minimum absolute atomic E-state index is 0.575. The van der Waals surface area contributed by atoms with Gasteiger partial charge in [-0.25, -0.2) is 4.98 Å². The Labute approximate surface area is 234 Å². The molecule has 1 unspecified atom stereocenters. The van der Waals surface area contributed by atoms with Gasteiger partial charge in [0.15, 0.2) is 0 Å². The van der Waals surface area contributed by atoms with Crippen molar-refractivity contribution in [3.8, 4) is 0 Å². The third-order valence-corrected chi connectivity index (χ3v) is 8.27. The van der Waals surface area contributed by atoms with Crippen molar-refractivity contribution in [2.24, 2.45) is 0 Å². The first-order valence-electron chi connectivity index (χ1n) is 13.4. The number of halogens is 1. The van der Waals surface area contributed by atoms with Gasteiger partial charge in [0.2, 0.25) is 0 Å². The molecular weight excluding hydrogens is 536 g/mol. The van der Waals surface area contributed by atoms with E-state index in [1.807, 2.05) is 44.4 Å². The highest BCUT2D eigenvalue weighted by molar-refractivity contribution is 9.10. The first-order chi connectivity index (χ1) is 18.3. The van der Waals surface area contributed by atoms with Crippen molar-refractivity contribution in [3.05, 3.63) is 106 Å². The Morgan fingerprint density at radius 2 is 1.58 bits per heavy atom. The number of anilines is 1. The van der Waals surface area contributed by atoms with Gasteiger partial charge in [-0.1, -0.05) is 76.6 Å². The average Bonchev–Trinajstić information content (AvgIpc) is 2.93. The maximum atomic E-state index is 12.2. The smallest absolute Gasteiger partial charge is 0.132 e. The second-order valence-electron chi connectivity index (χ2n) is 10.7. The molecule has 4 aromatic rings. The number of benzene rings is 3. The quantitative estimate of drug-likeness (QED) is 0.301. The highest BCUT2D eigenvalue weighted by Crippen LogP contribution is 2.40. The van der Waals surface area contributed by atoms with Crippen LogP contribution in [0.5, 0.6) is 0 Å². The van der Waals surface area contributed by atoms with Crippen molar-refractivity contribution in [1.29, 1.82) is 0 Å². The van der Waals surface area contributed by atoms with Gasteiger partial charge < -0.3 is 19.8 Å². The predicted molar refractivity (Wildman–Crippen MR) is 161 cm³/mol. The van der Waals surface area contributed by atoms with Crippen LogP contribution < -0.4 is 4.90 Å². The van der Waals surface area contributed by atoms with Crippen LogP contribution in [0.4, 0.5) is 5.82 Å². The van der Waals surface area contributed by atoms with Crippen LogP contribution >= 0.6 is 15.9 Å². The first-order valence-corrected chi connectivity index (χ1v) is 14.2. The topological polar surface area (TPSA) is 42.8 Å². The van der Waals surface area contributed by atoms with Crippen LogP contribution in [-0.2, 0) is 12.0 Å². The van der Waals surface area contributed by atoms with Crippen LogP contribution in [0.1, 0.15) is 28.7 Å². The lowest BCUT2D eigenvalue weighted by Crippen LogP contribution is -2.45. The zero-order valence-corrected chi connectivity index (χ0v) is 24.2. The molecule has 5 rings (SSSR count). The summed E-state index contributed by atoms with van der Waals surface area (Å²) in [4.78, 5) is 12.2. The van der Waals surface area contributed by atoms with Crippen LogP contribution in [0.2, 0.25) is 0 Å². The van der Waals surface area contributed by atoms with E-state index in [1.54, 1.807) is 0 Å². The molecule has 0 saturated carbocycles. The van der Waals surface area contributed by atoms with Gasteiger partial charge in [0.1, 0.15) is 11.4 Å². The van der Waals surface area contributed by atoms with E-state index in [4.69, 9.17) is 4.98 Å². The van der Waals surface area contributed by atoms with Gasteiger partial charge in [0.05, 0.1) is 5.52 Å². The van der Waals surface area contributed by atoms with Gasteiger partial charge in [-0.15, -0.1) is 0 Å². The Balaban J connectivity index is 1.63. The molecule has 1 aromatic heterocycles. The molecule has 0 radical (unpaired) electrons. The monoisotopic (exact) mass is 572 g/mol. The molecule has 1 fully saturated rings. The number of hydrogen-bond acceptors (Lipinski definition) is 5. The van der Waals surface area contributed by atoms with E-state index in [2.05, 4.69) is 86.2 Å². The number of rotatable bonds is 8. The molecule has 6 heteroatoms. The van der Waals surface area contributed by atoms with Crippen molar-refractivity contribution in [1.82, 2.24) is 14.8 Å². The molecule has 1 N–H and O–H groups in total. The van der Waals surface area contributed by atoms with E-state index in [-0.39, 0.29) is 0 Å². The maximum Gasteiger partial charge on any atom is 0.132 e. The molecule has 2 heterocycles. The minimum atomic E-state index is -1.14. The van der Waals surface area contributed by atoms with E-state index >= 15 is 0 Å². The van der Waals surface area contributed by atoms with Crippen molar-refractivity contribution < 1.29 is 5.11 Å². The highest BCUT2D eigenvalue weighted by atomic mass is 79.9. The Morgan fingerprint density at radius 3 is 2.24 bits per heavy atom. The summed E-state index contributed by atoms with van der Waals surface area (Å²) in [5.74, 6) is 1.05. The van der Waals surface area contributed by atoms with Crippen molar-refractivity contribution in [2.45, 2.75) is 18.4 Å². The van der Waals surface area contributed by atoms with Gasteiger partial charge in [-0.05, 0) is 62.5 Å². The highest BCUT2D eigenvalue weighted by Gasteiger charge is 2.34. The molecule has 0 aliphatic carbocycles. The lowest BCUT2D eigenvalue weighted by molar-refractivity contribution is 0.0623.